The molecule has 1 unspecified atom stereocenters. The summed E-state index contributed by atoms with van der Waals surface area (Å²) in [6.07, 6.45) is 4.05. The molecule has 0 amide bonds. The minimum atomic E-state index is 0.344. The van der Waals surface area contributed by atoms with E-state index < -0.39 is 0 Å². The van der Waals surface area contributed by atoms with Gasteiger partial charge in [-0.3, -0.25) is 0 Å². The highest BCUT2D eigenvalue weighted by atomic mass is 16.5. The van der Waals surface area contributed by atoms with Gasteiger partial charge in [-0.05, 0) is 58.2 Å². The van der Waals surface area contributed by atoms with Crippen molar-refractivity contribution in [3.63, 3.8) is 0 Å². The van der Waals surface area contributed by atoms with Crippen LogP contribution in [0.2, 0.25) is 0 Å². The van der Waals surface area contributed by atoms with E-state index in [9.17, 15) is 0 Å². The van der Waals surface area contributed by atoms with Crippen LogP contribution in [0.1, 0.15) is 43.7 Å². The molecule has 1 aromatic heterocycles. The molecule has 96 valence electrons. The SMILES string of the molecule is CCOC1CC(CC(NC)c2ccc(C)o2)C1. The molecule has 1 heterocycles. The van der Waals surface area contributed by atoms with Gasteiger partial charge in [0.2, 0.25) is 0 Å². The first-order valence-electron chi connectivity index (χ1n) is 6.58. The van der Waals surface area contributed by atoms with E-state index in [1.807, 2.05) is 20.0 Å². The third-order valence-corrected chi connectivity index (χ3v) is 3.62. The smallest absolute Gasteiger partial charge is 0.121 e. The van der Waals surface area contributed by atoms with Crippen LogP contribution in [0.25, 0.3) is 0 Å². The fourth-order valence-corrected chi connectivity index (χ4v) is 2.59. The zero-order chi connectivity index (χ0) is 12.3. The second-order valence-corrected chi connectivity index (χ2v) is 4.94. The molecule has 1 saturated carbocycles. The highest BCUT2D eigenvalue weighted by Crippen LogP contribution is 2.37. The van der Waals surface area contributed by atoms with E-state index in [-0.39, 0.29) is 0 Å². The lowest BCUT2D eigenvalue weighted by molar-refractivity contribution is -0.0295. The fourth-order valence-electron chi connectivity index (χ4n) is 2.59. The summed E-state index contributed by atoms with van der Waals surface area (Å²) in [5.41, 5.74) is 0. The zero-order valence-electron chi connectivity index (χ0n) is 11.0. The molecule has 3 heteroatoms. The Morgan fingerprint density at radius 2 is 2.24 bits per heavy atom. The molecular weight excluding hydrogens is 214 g/mol. The van der Waals surface area contributed by atoms with Crippen LogP contribution in [-0.2, 0) is 4.74 Å². The van der Waals surface area contributed by atoms with Crippen LogP contribution in [0.3, 0.4) is 0 Å². The minimum absolute atomic E-state index is 0.344. The van der Waals surface area contributed by atoms with Crippen LogP contribution in [0.5, 0.6) is 0 Å². The number of hydrogen-bond donors (Lipinski definition) is 1. The van der Waals surface area contributed by atoms with Crippen molar-refractivity contribution in [2.45, 2.75) is 45.3 Å². The van der Waals surface area contributed by atoms with E-state index in [2.05, 4.69) is 18.3 Å². The Kier molecular flexibility index (Phi) is 4.24. The molecule has 1 fully saturated rings. The largest absolute Gasteiger partial charge is 0.465 e. The second-order valence-electron chi connectivity index (χ2n) is 4.94. The van der Waals surface area contributed by atoms with Crippen molar-refractivity contribution in [1.82, 2.24) is 5.32 Å². The Balaban J connectivity index is 1.81. The van der Waals surface area contributed by atoms with Gasteiger partial charge in [-0.25, -0.2) is 0 Å². The summed E-state index contributed by atoms with van der Waals surface area (Å²) in [5.74, 6) is 2.82. The molecule has 0 aromatic carbocycles. The van der Waals surface area contributed by atoms with Crippen molar-refractivity contribution in [3.05, 3.63) is 23.7 Å². The molecule has 3 nitrogen and oxygen atoms in total. The first-order valence-corrected chi connectivity index (χ1v) is 6.58. The Labute approximate surface area is 104 Å². The van der Waals surface area contributed by atoms with Crippen molar-refractivity contribution >= 4 is 0 Å². The fraction of sp³-hybridized carbons (Fsp3) is 0.714. The molecule has 0 radical (unpaired) electrons. The van der Waals surface area contributed by atoms with Crippen molar-refractivity contribution in [2.75, 3.05) is 13.7 Å². The summed E-state index contributed by atoms with van der Waals surface area (Å²) in [4.78, 5) is 0. The molecule has 0 bridgehead atoms. The summed E-state index contributed by atoms with van der Waals surface area (Å²) in [5, 5.41) is 3.34. The molecule has 1 aliphatic carbocycles. The lowest BCUT2D eigenvalue weighted by Gasteiger charge is -2.36. The van der Waals surface area contributed by atoms with Gasteiger partial charge in [0.15, 0.2) is 0 Å². The van der Waals surface area contributed by atoms with Gasteiger partial charge in [-0.15, -0.1) is 0 Å². The van der Waals surface area contributed by atoms with Gasteiger partial charge in [0.25, 0.3) is 0 Å². The third-order valence-electron chi connectivity index (χ3n) is 3.62. The van der Waals surface area contributed by atoms with E-state index in [0.29, 0.717) is 12.1 Å². The molecule has 1 atom stereocenters. The Bertz CT molecular complexity index is 342. The number of hydrogen-bond acceptors (Lipinski definition) is 3. The van der Waals surface area contributed by atoms with E-state index in [0.717, 1.165) is 30.5 Å². The van der Waals surface area contributed by atoms with Crippen molar-refractivity contribution in [2.24, 2.45) is 5.92 Å². The van der Waals surface area contributed by atoms with Crippen molar-refractivity contribution in [1.29, 1.82) is 0 Å². The predicted octanol–water partition coefficient (Wildman–Crippen LogP) is 3.05. The molecule has 0 aliphatic heterocycles. The van der Waals surface area contributed by atoms with E-state index in [4.69, 9.17) is 9.15 Å². The van der Waals surface area contributed by atoms with Crippen molar-refractivity contribution < 1.29 is 9.15 Å². The van der Waals surface area contributed by atoms with Crippen LogP contribution in [-0.4, -0.2) is 19.8 Å². The van der Waals surface area contributed by atoms with Gasteiger partial charge >= 0.3 is 0 Å². The number of nitrogens with one attached hydrogen (secondary N) is 1. The number of aryl methyl sites for hydroxylation is 1. The monoisotopic (exact) mass is 237 g/mol. The molecule has 17 heavy (non-hydrogen) atoms. The number of rotatable bonds is 6. The molecule has 1 aliphatic rings. The molecule has 1 N–H and O–H groups in total. The molecule has 0 spiro atoms. The van der Waals surface area contributed by atoms with Crippen LogP contribution in [0, 0.1) is 12.8 Å². The van der Waals surface area contributed by atoms with Gasteiger partial charge in [-0.1, -0.05) is 0 Å². The quantitative estimate of drug-likeness (QED) is 0.825. The van der Waals surface area contributed by atoms with Gasteiger partial charge in [0.1, 0.15) is 11.5 Å². The number of furan rings is 1. The first-order chi connectivity index (χ1) is 8.22. The van der Waals surface area contributed by atoms with Gasteiger partial charge in [0, 0.05) is 6.61 Å². The predicted molar refractivity (Wildman–Crippen MR) is 68.0 cm³/mol. The Morgan fingerprint density at radius 3 is 2.76 bits per heavy atom. The summed E-state index contributed by atoms with van der Waals surface area (Å²) < 4.78 is 11.3. The number of ether oxygens (including phenoxy) is 1. The second kappa shape index (κ2) is 5.69. The summed E-state index contributed by atoms with van der Waals surface area (Å²) >= 11 is 0. The lowest BCUT2D eigenvalue weighted by Crippen LogP contribution is -2.34. The van der Waals surface area contributed by atoms with Crippen LogP contribution in [0.15, 0.2) is 16.5 Å². The average molecular weight is 237 g/mol. The highest BCUT2D eigenvalue weighted by Gasteiger charge is 2.32. The maximum Gasteiger partial charge on any atom is 0.121 e. The maximum atomic E-state index is 5.69. The average Bonchev–Trinajstić information content (AvgIpc) is 2.68. The topological polar surface area (TPSA) is 34.4 Å². The van der Waals surface area contributed by atoms with Gasteiger partial charge in [0.05, 0.1) is 12.1 Å². The normalized spacial score (nSPS) is 25.6. The Hall–Kier alpha value is -0.800. The standard InChI is InChI=1S/C14H23NO2/c1-4-16-12-7-11(8-12)9-13(15-3)14-6-5-10(2)17-14/h5-6,11-13,15H,4,7-9H2,1-3H3. The molecular formula is C14H23NO2. The molecule has 2 rings (SSSR count). The lowest BCUT2D eigenvalue weighted by atomic mass is 9.78. The van der Waals surface area contributed by atoms with E-state index in [1.165, 1.54) is 12.8 Å². The van der Waals surface area contributed by atoms with Gasteiger partial charge < -0.3 is 14.5 Å². The zero-order valence-corrected chi connectivity index (χ0v) is 11.0. The van der Waals surface area contributed by atoms with Crippen LogP contribution < -0.4 is 5.32 Å². The van der Waals surface area contributed by atoms with Crippen LogP contribution in [0.4, 0.5) is 0 Å². The summed E-state index contributed by atoms with van der Waals surface area (Å²) in [6.45, 7) is 4.89. The minimum Gasteiger partial charge on any atom is -0.465 e. The third kappa shape index (κ3) is 3.11. The summed E-state index contributed by atoms with van der Waals surface area (Å²) in [7, 11) is 2.00. The van der Waals surface area contributed by atoms with E-state index >= 15 is 0 Å². The molecule has 1 aromatic rings. The van der Waals surface area contributed by atoms with Gasteiger partial charge in [-0.2, -0.15) is 0 Å². The summed E-state index contributed by atoms with van der Waals surface area (Å²) in [6, 6.07) is 4.45. The Morgan fingerprint density at radius 1 is 1.47 bits per heavy atom. The van der Waals surface area contributed by atoms with E-state index in [1.54, 1.807) is 0 Å². The van der Waals surface area contributed by atoms with Crippen molar-refractivity contribution in [3.8, 4) is 0 Å². The maximum absolute atomic E-state index is 5.69. The molecule has 0 saturated heterocycles. The first kappa shape index (κ1) is 12.7. The highest BCUT2D eigenvalue weighted by molar-refractivity contribution is 5.10. The van der Waals surface area contributed by atoms with Crippen LogP contribution >= 0.6 is 0 Å².